The monoisotopic (exact) mass is 160 g/mol. The van der Waals surface area contributed by atoms with Gasteiger partial charge < -0.3 is 5.32 Å². The van der Waals surface area contributed by atoms with Crippen LogP contribution in [0.4, 0.5) is 0 Å². The highest BCUT2D eigenvalue weighted by Gasteiger charge is 1.90. The molecule has 2 nitrogen and oxygen atoms in total. The molecule has 0 spiro atoms. The Bertz CT molecular complexity index is 307. The van der Waals surface area contributed by atoms with Crippen LogP contribution in [-0.4, -0.2) is 18.6 Å². The van der Waals surface area contributed by atoms with Crippen LogP contribution in [0.3, 0.4) is 0 Å². The van der Waals surface area contributed by atoms with E-state index in [2.05, 4.69) is 22.1 Å². The van der Waals surface area contributed by atoms with Crippen molar-refractivity contribution >= 4 is 0 Å². The normalized spacial score (nSPS) is 8.83. The molecule has 1 aromatic rings. The van der Waals surface area contributed by atoms with Crippen molar-refractivity contribution in [3.05, 3.63) is 29.6 Å². The van der Waals surface area contributed by atoms with Crippen LogP contribution in [0.5, 0.6) is 0 Å². The van der Waals surface area contributed by atoms with E-state index in [1.165, 1.54) is 5.56 Å². The summed E-state index contributed by atoms with van der Waals surface area (Å²) < 4.78 is 0. The minimum Gasteiger partial charge on any atom is -0.309 e. The Kier molecular flexibility index (Phi) is 3.31. The molecule has 0 radical (unpaired) electrons. The minimum atomic E-state index is 0.717. The molecule has 0 aliphatic carbocycles. The van der Waals surface area contributed by atoms with Crippen molar-refractivity contribution in [2.24, 2.45) is 0 Å². The summed E-state index contributed by atoms with van der Waals surface area (Å²) in [5.74, 6) is 6.03. The van der Waals surface area contributed by atoms with Crippen LogP contribution in [-0.2, 0) is 0 Å². The van der Waals surface area contributed by atoms with Crippen molar-refractivity contribution in [3.63, 3.8) is 0 Å². The average Bonchev–Trinajstić information content (AvgIpc) is 2.09. The first-order valence-corrected chi connectivity index (χ1v) is 3.88. The molecule has 0 aliphatic heterocycles. The quantitative estimate of drug-likeness (QED) is 0.619. The highest BCUT2D eigenvalue weighted by molar-refractivity contribution is 5.38. The molecule has 0 aliphatic rings. The van der Waals surface area contributed by atoms with E-state index in [9.17, 15) is 0 Å². The Morgan fingerprint density at radius 3 is 3.08 bits per heavy atom. The SMILES string of the molecule is CNCC#Cc1cnccc1C. The Labute approximate surface area is 73.0 Å². The van der Waals surface area contributed by atoms with Gasteiger partial charge in [-0.05, 0) is 25.6 Å². The third kappa shape index (κ3) is 2.37. The standard InChI is InChI=1S/C10H12N2/c1-9-5-7-12-8-10(9)4-3-6-11-2/h5,7-8,11H,6H2,1-2H3. The first kappa shape index (κ1) is 8.76. The maximum absolute atomic E-state index is 4.00. The van der Waals surface area contributed by atoms with Gasteiger partial charge in [-0.25, -0.2) is 0 Å². The molecular formula is C10H12N2. The van der Waals surface area contributed by atoms with Gasteiger partial charge in [0, 0.05) is 18.0 Å². The Morgan fingerprint density at radius 2 is 2.42 bits per heavy atom. The van der Waals surface area contributed by atoms with Crippen LogP contribution in [0.25, 0.3) is 0 Å². The molecule has 0 aromatic carbocycles. The van der Waals surface area contributed by atoms with Crippen molar-refractivity contribution in [2.45, 2.75) is 6.92 Å². The number of pyridine rings is 1. The van der Waals surface area contributed by atoms with E-state index in [0.717, 1.165) is 5.56 Å². The van der Waals surface area contributed by atoms with Gasteiger partial charge in [-0.3, -0.25) is 4.98 Å². The molecule has 0 bridgehead atoms. The fourth-order valence-electron chi connectivity index (χ4n) is 0.823. The summed E-state index contributed by atoms with van der Waals surface area (Å²) in [5, 5.41) is 2.96. The second-order valence-corrected chi connectivity index (χ2v) is 2.52. The van der Waals surface area contributed by atoms with Crippen LogP contribution in [0, 0.1) is 18.8 Å². The van der Waals surface area contributed by atoms with Gasteiger partial charge in [0.15, 0.2) is 0 Å². The van der Waals surface area contributed by atoms with E-state index in [4.69, 9.17) is 0 Å². The number of nitrogens with one attached hydrogen (secondary N) is 1. The molecule has 1 aromatic heterocycles. The minimum absolute atomic E-state index is 0.717. The lowest BCUT2D eigenvalue weighted by Gasteiger charge is -1.93. The lowest BCUT2D eigenvalue weighted by molar-refractivity contribution is 0.938. The summed E-state index contributed by atoms with van der Waals surface area (Å²) in [6, 6.07) is 1.96. The van der Waals surface area contributed by atoms with Crippen LogP contribution in [0.1, 0.15) is 11.1 Å². The largest absolute Gasteiger partial charge is 0.309 e. The van der Waals surface area contributed by atoms with E-state index in [0.29, 0.717) is 6.54 Å². The third-order valence-electron chi connectivity index (χ3n) is 1.53. The summed E-state index contributed by atoms with van der Waals surface area (Å²) in [5.41, 5.74) is 2.18. The zero-order valence-corrected chi connectivity index (χ0v) is 7.39. The first-order valence-electron chi connectivity index (χ1n) is 3.88. The van der Waals surface area contributed by atoms with Gasteiger partial charge in [-0.1, -0.05) is 11.8 Å². The molecule has 2 heteroatoms. The molecule has 0 atom stereocenters. The zero-order chi connectivity index (χ0) is 8.81. The van der Waals surface area contributed by atoms with Crippen LogP contribution < -0.4 is 5.32 Å². The Balaban J connectivity index is 2.77. The maximum Gasteiger partial charge on any atom is 0.0577 e. The van der Waals surface area contributed by atoms with Crippen LogP contribution in [0.2, 0.25) is 0 Å². The number of nitrogens with zero attached hydrogens (tertiary/aromatic N) is 1. The van der Waals surface area contributed by atoms with Gasteiger partial charge in [0.1, 0.15) is 0 Å². The average molecular weight is 160 g/mol. The van der Waals surface area contributed by atoms with E-state index >= 15 is 0 Å². The second-order valence-electron chi connectivity index (χ2n) is 2.52. The zero-order valence-electron chi connectivity index (χ0n) is 7.39. The van der Waals surface area contributed by atoms with Gasteiger partial charge in [-0.15, -0.1) is 0 Å². The number of aryl methyl sites for hydroxylation is 1. The molecule has 62 valence electrons. The first-order chi connectivity index (χ1) is 5.84. The Hall–Kier alpha value is -1.33. The van der Waals surface area contributed by atoms with Crippen LogP contribution >= 0.6 is 0 Å². The van der Waals surface area contributed by atoms with Gasteiger partial charge in [-0.2, -0.15) is 0 Å². The lowest BCUT2D eigenvalue weighted by Crippen LogP contribution is -2.04. The van der Waals surface area contributed by atoms with Gasteiger partial charge >= 0.3 is 0 Å². The van der Waals surface area contributed by atoms with E-state index in [-0.39, 0.29) is 0 Å². The van der Waals surface area contributed by atoms with Crippen LogP contribution in [0.15, 0.2) is 18.5 Å². The third-order valence-corrected chi connectivity index (χ3v) is 1.53. The highest BCUT2D eigenvalue weighted by atomic mass is 14.8. The van der Waals surface area contributed by atoms with Crippen molar-refractivity contribution in [1.82, 2.24) is 10.3 Å². The predicted molar refractivity (Wildman–Crippen MR) is 49.8 cm³/mol. The van der Waals surface area contributed by atoms with Gasteiger partial charge in [0.05, 0.1) is 6.54 Å². The molecule has 0 saturated heterocycles. The molecule has 12 heavy (non-hydrogen) atoms. The Morgan fingerprint density at radius 1 is 1.58 bits per heavy atom. The molecular weight excluding hydrogens is 148 g/mol. The van der Waals surface area contributed by atoms with Crippen molar-refractivity contribution < 1.29 is 0 Å². The second kappa shape index (κ2) is 4.53. The molecule has 0 unspecified atom stereocenters. The van der Waals surface area contributed by atoms with Crippen molar-refractivity contribution in [1.29, 1.82) is 0 Å². The number of hydrogen-bond donors (Lipinski definition) is 1. The number of hydrogen-bond acceptors (Lipinski definition) is 2. The number of rotatable bonds is 1. The molecule has 1 rings (SSSR count). The van der Waals surface area contributed by atoms with E-state index in [1.54, 1.807) is 12.4 Å². The van der Waals surface area contributed by atoms with E-state index < -0.39 is 0 Å². The predicted octanol–water partition coefficient (Wildman–Crippen LogP) is 0.961. The van der Waals surface area contributed by atoms with E-state index in [1.807, 2.05) is 20.0 Å². The molecule has 1 N–H and O–H groups in total. The fraction of sp³-hybridized carbons (Fsp3) is 0.300. The van der Waals surface area contributed by atoms with Crippen molar-refractivity contribution in [2.75, 3.05) is 13.6 Å². The molecule has 0 amide bonds. The smallest absolute Gasteiger partial charge is 0.0577 e. The fourth-order valence-corrected chi connectivity index (χ4v) is 0.823. The molecule has 1 heterocycles. The summed E-state index contributed by atoms with van der Waals surface area (Å²) in [4.78, 5) is 4.00. The summed E-state index contributed by atoms with van der Waals surface area (Å²) >= 11 is 0. The highest BCUT2D eigenvalue weighted by Crippen LogP contribution is 2.01. The number of aromatic nitrogens is 1. The van der Waals surface area contributed by atoms with Crippen molar-refractivity contribution in [3.8, 4) is 11.8 Å². The summed E-state index contributed by atoms with van der Waals surface area (Å²) in [6.45, 7) is 2.75. The summed E-state index contributed by atoms with van der Waals surface area (Å²) in [7, 11) is 1.88. The van der Waals surface area contributed by atoms with Gasteiger partial charge in [0.2, 0.25) is 0 Å². The molecule has 0 saturated carbocycles. The summed E-state index contributed by atoms with van der Waals surface area (Å²) in [6.07, 6.45) is 3.57. The lowest BCUT2D eigenvalue weighted by atomic mass is 10.2. The maximum atomic E-state index is 4.00. The molecule has 0 fully saturated rings. The topological polar surface area (TPSA) is 24.9 Å². The van der Waals surface area contributed by atoms with Gasteiger partial charge in [0.25, 0.3) is 0 Å².